The minimum absolute atomic E-state index is 0.0435. The maximum Gasteiger partial charge on any atom is 0.244 e. The molecule has 0 aromatic heterocycles. The molecule has 0 aliphatic rings. The first-order chi connectivity index (χ1) is 18.9. The molecule has 2 amide bonds. The Hall–Kier alpha value is -3.43. The molecule has 10 heteroatoms. The van der Waals surface area contributed by atoms with Crippen molar-refractivity contribution in [1.29, 1.82) is 0 Å². The maximum atomic E-state index is 14.0. The average molecular weight is 588 g/mol. The summed E-state index contributed by atoms with van der Waals surface area (Å²) in [5.41, 5.74) is 2.63. The third-order valence-corrected chi connectivity index (χ3v) is 7.86. The zero-order valence-electron chi connectivity index (χ0n) is 23.1. The summed E-state index contributed by atoms with van der Waals surface area (Å²) in [5, 5.41) is 2.67. The Bertz CT molecular complexity index is 1430. The fourth-order valence-electron chi connectivity index (χ4n) is 4.20. The zero-order chi connectivity index (χ0) is 29.4. The van der Waals surface area contributed by atoms with Crippen molar-refractivity contribution in [2.75, 3.05) is 23.7 Å². The van der Waals surface area contributed by atoms with Crippen LogP contribution >= 0.6 is 11.6 Å². The van der Waals surface area contributed by atoms with Crippen LogP contribution in [0.25, 0.3) is 0 Å². The molecule has 0 saturated heterocycles. The largest absolute Gasteiger partial charge is 0.354 e. The van der Waals surface area contributed by atoms with E-state index in [1.807, 2.05) is 75.4 Å². The normalized spacial score (nSPS) is 12.2. The fourth-order valence-corrected chi connectivity index (χ4v) is 5.22. The molecule has 0 unspecified atom stereocenters. The molecule has 0 heterocycles. The van der Waals surface area contributed by atoms with Gasteiger partial charge in [0, 0.05) is 19.5 Å². The number of hydrogen-bond donors (Lipinski definition) is 1. The van der Waals surface area contributed by atoms with Crippen LogP contribution in [0.3, 0.4) is 0 Å². The molecule has 3 rings (SSSR count). The molecule has 0 saturated carbocycles. The van der Waals surface area contributed by atoms with E-state index >= 15 is 0 Å². The number of nitrogens with one attached hydrogen (secondary N) is 1. The number of benzene rings is 3. The van der Waals surface area contributed by atoms with Gasteiger partial charge in [0.2, 0.25) is 21.8 Å². The van der Waals surface area contributed by atoms with Gasteiger partial charge in [0.25, 0.3) is 0 Å². The minimum Gasteiger partial charge on any atom is -0.354 e. The average Bonchev–Trinajstić information content (AvgIpc) is 2.90. The highest BCUT2D eigenvalue weighted by Gasteiger charge is 2.33. The molecular weight excluding hydrogens is 553 g/mol. The van der Waals surface area contributed by atoms with Gasteiger partial charge in [0.1, 0.15) is 18.4 Å². The second-order valence-electron chi connectivity index (χ2n) is 10.2. The van der Waals surface area contributed by atoms with Gasteiger partial charge in [-0.25, -0.2) is 12.8 Å². The van der Waals surface area contributed by atoms with E-state index in [4.69, 9.17) is 11.6 Å². The second kappa shape index (κ2) is 13.8. The number of carbonyl (C=O) groups is 2. The number of halogens is 2. The highest BCUT2D eigenvalue weighted by Crippen LogP contribution is 2.25. The van der Waals surface area contributed by atoms with Crippen LogP contribution in [0.5, 0.6) is 0 Å². The number of rotatable bonds is 12. The lowest BCUT2D eigenvalue weighted by molar-refractivity contribution is -0.140. The van der Waals surface area contributed by atoms with E-state index < -0.39 is 34.3 Å². The molecule has 0 radical (unpaired) electrons. The van der Waals surface area contributed by atoms with Crippen molar-refractivity contribution in [2.24, 2.45) is 5.92 Å². The van der Waals surface area contributed by atoms with E-state index in [9.17, 15) is 22.4 Å². The van der Waals surface area contributed by atoms with Crippen LogP contribution < -0.4 is 9.62 Å². The van der Waals surface area contributed by atoms with Crippen molar-refractivity contribution in [2.45, 2.75) is 39.8 Å². The van der Waals surface area contributed by atoms with Crippen LogP contribution in [0.1, 0.15) is 30.5 Å². The molecule has 1 atom stereocenters. The third-order valence-electron chi connectivity index (χ3n) is 6.43. The predicted molar refractivity (Wildman–Crippen MR) is 157 cm³/mol. The highest BCUT2D eigenvalue weighted by molar-refractivity contribution is 7.92. The molecule has 3 aromatic rings. The van der Waals surface area contributed by atoms with Gasteiger partial charge in [-0.15, -0.1) is 0 Å². The molecule has 0 aliphatic carbocycles. The number of anilines is 1. The Labute approximate surface area is 241 Å². The summed E-state index contributed by atoms with van der Waals surface area (Å²) >= 11 is 5.93. The Morgan fingerprint density at radius 1 is 1.00 bits per heavy atom. The number of nitrogens with zero attached hydrogens (tertiary/aromatic N) is 2. The molecule has 7 nitrogen and oxygen atoms in total. The van der Waals surface area contributed by atoms with Crippen LogP contribution in [0.15, 0.2) is 72.8 Å². The van der Waals surface area contributed by atoms with Crippen LogP contribution in [-0.2, 0) is 32.6 Å². The molecule has 40 heavy (non-hydrogen) atoms. The summed E-state index contributed by atoms with van der Waals surface area (Å²) in [4.78, 5) is 29.1. The number of carbonyl (C=O) groups excluding carboxylic acids is 2. The summed E-state index contributed by atoms with van der Waals surface area (Å²) < 4.78 is 40.3. The second-order valence-corrected chi connectivity index (χ2v) is 12.5. The predicted octanol–water partition coefficient (Wildman–Crippen LogP) is 4.97. The van der Waals surface area contributed by atoms with E-state index in [0.717, 1.165) is 39.4 Å². The summed E-state index contributed by atoms with van der Waals surface area (Å²) in [6.45, 7) is 5.75. The molecule has 0 bridgehead atoms. The third kappa shape index (κ3) is 8.53. The molecule has 1 N–H and O–H groups in total. The lowest BCUT2D eigenvalue weighted by Gasteiger charge is -2.34. The van der Waals surface area contributed by atoms with Crippen LogP contribution in [0, 0.1) is 18.7 Å². The first kappa shape index (κ1) is 31.1. The molecular formula is C30H35ClFN3O4S. The van der Waals surface area contributed by atoms with Crippen LogP contribution in [0.4, 0.5) is 10.1 Å². The van der Waals surface area contributed by atoms with Crippen LogP contribution in [0.2, 0.25) is 5.02 Å². The minimum atomic E-state index is -3.98. The van der Waals surface area contributed by atoms with E-state index in [2.05, 4.69) is 5.32 Å². The number of sulfonamides is 1. The van der Waals surface area contributed by atoms with Gasteiger partial charge >= 0.3 is 0 Å². The van der Waals surface area contributed by atoms with Gasteiger partial charge in [-0.3, -0.25) is 13.9 Å². The first-order valence-electron chi connectivity index (χ1n) is 12.9. The lowest BCUT2D eigenvalue weighted by Crippen LogP contribution is -2.53. The highest BCUT2D eigenvalue weighted by atomic mass is 35.5. The van der Waals surface area contributed by atoms with Crippen molar-refractivity contribution < 1.29 is 22.4 Å². The summed E-state index contributed by atoms with van der Waals surface area (Å²) in [6, 6.07) is 19.4. The van der Waals surface area contributed by atoms with Crippen molar-refractivity contribution in [3.63, 3.8) is 0 Å². The number of aryl methyl sites for hydroxylation is 1. The summed E-state index contributed by atoms with van der Waals surface area (Å²) in [6.07, 6.45) is 1.18. The molecule has 0 aliphatic heterocycles. The molecule has 0 fully saturated rings. The van der Waals surface area contributed by atoms with Crippen molar-refractivity contribution in [3.8, 4) is 0 Å². The Kier molecular flexibility index (Phi) is 10.7. The van der Waals surface area contributed by atoms with E-state index in [-0.39, 0.29) is 35.5 Å². The van der Waals surface area contributed by atoms with Crippen molar-refractivity contribution in [3.05, 3.63) is 100 Å². The lowest BCUT2D eigenvalue weighted by atomic mass is 10.0. The smallest absolute Gasteiger partial charge is 0.244 e. The van der Waals surface area contributed by atoms with Gasteiger partial charge < -0.3 is 10.2 Å². The zero-order valence-corrected chi connectivity index (χ0v) is 24.7. The van der Waals surface area contributed by atoms with Gasteiger partial charge in [-0.2, -0.15) is 0 Å². The number of amides is 2. The molecule has 3 aromatic carbocycles. The maximum absolute atomic E-state index is 14.0. The Morgan fingerprint density at radius 3 is 2.25 bits per heavy atom. The standard InChI is InChI=1S/C30H35ClFN3O4S/c1-21(2)18-33-30(37)28(16-23-11-6-5-7-12-23)34(19-24-13-9-8-10-22(24)3)29(36)20-35(40(4,38)39)25-14-15-27(32)26(31)17-25/h5-15,17,21,28H,16,18-20H2,1-4H3,(H,33,37)/t28-/m1/s1. The van der Waals surface area contributed by atoms with Crippen molar-refractivity contribution in [1.82, 2.24) is 10.2 Å². The van der Waals surface area contributed by atoms with Crippen LogP contribution in [-0.4, -0.2) is 50.5 Å². The SMILES string of the molecule is Cc1ccccc1CN(C(=O)CN(c1ccc(F)c(Cl)c1)S(C)(=O)=O)[C@H](Cc1ccccc1)C(=O)NCC(C)C. The summed E-state index contributed by atoms with van der Waals surface area (Å²) in [7, 11) is -3.98. The van der Waals surface area contributed by atoms with Gasteiger partial charge in [-0.05, 0) is 47.7 Å². The van der Waals surface area contributed by atoms with Gasteiger partial charge in [0.15, 0.2) is 0 Å². The summed E-state index contributed by atoms with van der Waals surface area (Å²) in [5.74, 6) is -1.45. The van der Waals surface area contributed by atoms with E-state index in [0.29, 0.717) is 6.54 Å². The van der Waals surface area contributed by atoms with E-state index in [1.54, 1.807) is 0 Å². The topological polar surface area (TPSA) is 86.8 Å². The Morgan fingerprint density at radius 2 is 1.65 bits per heavy atom. The Balaban J connectivity index is 2.07. The number of hydrogen-bond acceptors (Lipinski definition) is 4. The van der Waals surface area contributed by atoms with E-state index in [1.165, 1.54) is 11.0 Å². The monoisotopic (exact) mass is 587 g/mol. The van der Waals surface area contributed by atoms with Crippen molar-refractivity contribution >= 4 is 39.1 Å². The fraction of sp³-hybridized carbons (Fsp3) is 0.333. The molecule has 214 valence electrons. The van der Waals surface area contributed by atoms with Gasteiger partial charge in [-0.1, -0.05) is 80.0 Å². The first-order valence-corrected chi connectivity index (χ1v) is 15.2. The van der Waals surface area contributed by atoms with Gasteiger partial charge in [0.05, 0.1) is 17.0 Å². The quantitative estimate of drug-likeness (QED) is 0.324. The molecule has 0 spiro atoms.